The molecule has 1 atom stereocenters. The van der Waals surface area contributed by atoms with Gasteiger partial charge in [0.15, 0.2) is 16.9 Å². The first kappa shape index (κ1) is 16.8. The molecule has 8 nitrogen and oxygen atoms in total. The summed E-state index contributed by atoms with van der Waals surface area (Å²) in [6, 6.07) is 0. The van der Waals surface area contributed by atoms with Crippen molar-refractivity contribution in [3.05, 3.63) is 11.1 Å². The summed E-state index contributed by atoms with van der Waals surface area (Å²) in [6.45, 7) is 1.20. The number of amides is 1. The van der Waals surface area contributed by atoms with Gasteiger partial charge in [-0.15, -0.1) is 11.3 Å². The Morgan fingerprint density at radius 2 is 2.22 bits per heavy atom. The van der Waals surface area contributed by atoms with Crippen molar-refractivity contribution < 1.29 is 49.1 Å². The van der Waals surface area contributed by atoms with E-state index in [1.165, 1.54) is 12.3 Å². The Labute approximate surface area is 128 Å². The second-order valence-electron chi connectivity index (χ2n) is 2.94. The zero-order chi connectivity index (χ0) is 13.0. The van der Waals surface area contributed by atoms with Crippen molar-refractivity contribution in [2.75, 3.05) is 5.73 Å². The maximum atomic E-state index is 11.1. The number of hydrogen-bond donors (Lipinski definition) is 2. The molecule has 0 aliphatic carbocycles. The van der Waals surface area contributed by atoms with Gasteiger partial charge in [-0.25, -0.2) is 4.98 Å². The second kappa shape index (κ2) is 7.31. The van der Waals surface area contributed by atoms with Gasteiger partial charge in [-0.3, -0.25) is 4.79 Å². The van der Waals surface area contributed by atoms with E-state index in [-0.39, 0.29) is 46.1 Å². The quantitative estimate of drug-likeness (QED) is 0.314. The fourth-order valence-corrected chi connectivity index (χ4v) is 1.34. The Hall–Kier alpha value is -1.16. The first-order valence-electron chi connectivity index (χ1n) is 4.37. The number of aliphatic carboxylic acids is 1. The van der Waals surface area contributed by atoms with Crippen molar-refractivity contribution in [1.82, 2.24) is 4.98 Å². The van der Waals surface area contributed by atoms with Crippen LogP contribution in [-0.2, 0) is 14.4 Å². The van der Waals surface area contributed by atoms with E-state index in [4.69, 9.17) is 11.5 Å². The molecule has 1 aromatic rings. The van der Waals surface area contributed by atoms with Crippen LogP contribution in [0.15, 0.2) is 10.5 Å². The SMILES string of the molecule is CC(O/N=C(\C(N)=O)c1csc(N)n1)C(=O)[O-].[Na+]. The van der Waals surface area contributed by atoms with Gasteiger partial charge in [0.25, 0.3) is 5.91 Å². The van der Waals surface area contributed by atoms with Crippen molar-refractivity contribution in [3.8, 4) is 0 Å². The molecule has 4 N–H and O–H groups in total. The minimum Gasteiger partial charge on any atom is -0.546 e. The van der Waals surface area contributed by atoms with Gasteiger partial charge in [-0.2, -0.15) is 0 Å². The third-order valence-corrected chi connectivity index (χ3v) is 2.31. The van der Waals surface area contributed by atoms with Crippen LogP contribution in [0, 0.1) is 0 Å². The van der Waals surface area contributed by atoms with E-state index in [9.17, 15) is 14.7 Å². The predicted octanol–water partition coefficient (Wildman–Crippen LogP) is -4.93. The summed E-state index contributed by atoms with van der Waals surface area (Å²) in [5, 5.41) is 15.4. The Balaban J connectivity index is 0.00000289. The van der Waals surface area contributed by atoms with Crippen molar-refractivity contribution in [2.24, 2.45) is 10.9 Å². The van der Waals surface area contributed by atoms with E-state index in [1.807, 2.05) is 0 Å². The standard InChI is InChI=1S/C8H10N4O4S.Na/c1-3(7(14)15)16-12-5(6(9)13)4-2-17-8(10)11-4;/h2-3H,1H3,(H2,9,13)(H2,10,11)(H,14,15);/q;+1/p-1/b12-5-;. The molecule has 0 bridgehead atoms. The number of carbonyl (C=O) groups excluding carboxylic acids is 2. The van der Waals surface area contributed by atoms with E-state index in [0.717, 1.165) is 11.3 Å². The Bertz CT molecular complexity index is 475. The number of hydrogen-bond acceptors (Lipinski definition) is 8. The van der Waals surface area contributed by atoms with Crippen LogP contribution in [0.4, 0.5) is 5.13 Å². The van der Waals surface area contributed by atoms with Crippen molar-refractivity contribution in [3.63, 3.8) is 0 Å². The van der Waals surface area contributed by atoms with Crippen LogP contribution in [0.3, 0.4) is 0 Å². The molecule has 92 valence electrons. The molecule has 0 spiro atoms. The van der Waals surface area contributed by atoms with Crippen LogP contribution < -0.4 is 46.1 Å². The predicted molar refractivity (Wildman–Crippen MR) is 57.8 cm³/mol. The minimum atomic E-state index is -1.46. The van der Waals surface area contributed by atoms with Crippen molar-refractivity contribution >= 4 is 34.1 Å². The molecule has 1 aromatic heterocycles. The number of nitrogens with two attached hydrogens (primary N) is 2. The summed E-state index contributed by atoms with van der Waals surface area (Å²) >= 11 is 1.08. The molecular formula is C8H9N4NaO4S. The third kappa shape index (κ3) is 4.61. The van der Waals surface area contributed by atoms with E-state index < -0.39 is 18.0 Å². The average Bonchev–Trinajstić information content (AvgIpc) is 2.64. The molecule has 0 radical (unpaired) electrons. The summed E-state index contributed by atoms with van der Waals surface area (Å²) < 4.78 is 0. The summed E-state index contributed by atoms with van der Waals surface area (Å²) in [5.41, 5.74) is 10.3. The zero-order valence-electron chi connectivity index (χ0n) is 9.75. The zero-order valence-corrected chi connectivity index (χ0v) is 12.6. The number of primary amides is 1. The summed E-state index contributed by atoms with van der Waals surface area (Å²) in [4.78, 5) is 29.7. The van der Waals surface area contributed by atoms with E-state index in [1.54, 1.807) is 0 Å². The molecule has 18 heavy (non-hydrogen) atoms. The van der Waals surface area contributed by atoms with Gasteiger partial charge in [0, 0.05) is 5.38 Å². The second-order valence-corrected chi connectivity index (χ2v) is 3.83. The summed E-state index contributed by atoms with van der Waals surface area (Å²) in [7, 11) is 0. The number of carbonyl (C=O) groups is 2. The fourth-order valence-electron chi connectivity index (χ4n) is 0.789. The molecule has 0 fully saturated rings. The van der Waals surface area contributed by atoms with Crippen LogP contribution in [-0.4, -0.2) is 28.7 Å². The molecule has 10 heteroatoms. The van der Waals surface area contributed by atoms with Crippen LogP contribution in [0.1, 0.15) is 12.6 Å². The molecule has 0 aliphatic rings. The maximum Gasteiger partial charge on any atom is 1.00 e. The molecule has 0 saturated heterocycles. The van der Waals surface area contributed by atoms with Gasteiger partial charge in [0.1, 0.15) is 5.69 Å². The van der Waals surface area contributed by atoms with Gasteiger partial charge in [-0.05, 0) is 6.92 Å². The first-order chi connectivity index (χ1) is 7.91. The molecule has 1 unspecified atom stereocenters. The molecule has 0 saturated carbocycles. The van der Waals surface area contributed by atoms with Gasteiger partial charge >= 0.3 is 29.6 Å². The van der Waals surface area contributed by atoms with Gasteiger partial charge in [0.2, 0.25) is 0 Å². The van der Waals surface area contributed by atoms with E-state index in [2.05, 4.69) is 15.0 Å². The number of carboxylic acids is 1. The molecular weight excluding hydrogens is 271 g/mol. The van der Waals surface area contributed by atoms with Gasteiger partial charge < -0.3 is 26.2 Å². The smallest absolute Gasteiger partial charge is 0.546 e. The Morgan fingerprint density at radius 3 is 2.61 bits per heavy atom. The topological polar surface area (TPSA) is 144 Å². The van der Waals surface area contributed by atoms with Crippen LogP contribution in [0.5, 0.6) is 0 Å². The minimum absolute atomic E-state index is 0. The summed E-state index contributed by atoms with van der Waals surface area (Å²) in [6.07, 6.45) is -1.31. The van der Waals surface area contributed by atoms with Crippen LogP contribution >= 0.6 is 11.3 Å². The number of nitrogen functional groups attached to an aromatic ring is 1. The van der Waals surface area contributed by atoms with Crippen molar-refractivity contribution in [2.45, 2.75) is 13.0 Å². The fraction of sp³-hybridized carbons (Fsp3) is 0.250. The number of carboxylic acid groups (broad SMARTS) is 1. The number of thiazole rings is 1. The van der Waals surface area contributed by atoms with E-state index >= 15 is 0 Å². The number of nitrogens with zero attached hydrogens (tertiary/aromatic N) is 2. The van der Waals surface area contributed by atoms with Gasteiger partial charge in [-0.1, -0.05) is 5.16 Å². The maximum absolute atomic E-state index is 11.1. The number of aromatic nitrogens is 1. The molecule has 1 heterocycles. The number of rotatable bonds is 5. The largest absolute Gasteiger partial charge is 1.00 e. The number of oxime groups is 1. The summed E-state index contributed by atoms with van der Waals surface area (Å²) in [5.74, 6) is -2.36. The first-order valence-corrected chi connectivity index (χ1v) is 5.25. The van der Waals surface area contributed by atoms with E-state index in [0.29, 0.717) is 0 Å². The number of anilines is 1. The monoisotopic (exact) mass is 280 g/mol. The Morgan fingerprint density at radius 1 is 1.61 bits per heavy atom. The molecule has 0 aromatic carbocycles. The van der Waals surface area contributed by atoms with Crippen LogP contribution in [0.2, 0.25) is 0 Å². The third-order valence-electron chi connectivity index (χ3n) is 1.63. The molecule has 0 aliphatic heterocycles. The Kier molecular flexibility index (Phi) is 6.84. The van der Waals surface area contributed by atoms with Crippen molar-refractivity contribution in [1.29, 1.82) is 0 Å². The normalized spacial score (nSPS) is 12.4. The molecule has 1 amide bonds. The van der Waals surface area contributed by atoms with Crippen LogP contribution in [0.25, 0.3) is 0 Å². The van der Waals surface area contributed by atoms with Gasteiger partial charge in [0.05, 0.1) is 5.97 Å². The molecule has 1 rings (SSSR count). The average molecular weight is 280 g/mol.